The molecule has 0 spiro atoms. The minimum atomic E-state index is 0.134. The van der Waals surface area contributed by atoms with Gasteiger partial charge < -0.3 is 4.90 Å². The molecule has 0 aromatic carbocycles. The summed E-state index contributed by atoms with van der Waals surface area (Å²) in [6.07, 6.45) is 4.95. The molecule has 0 aromatic rings. The van der Waals surface area contributed by atoms with Gasteiger partial charge in [-0.3, -0.25) is 14.5 Å². The number of nitrogens with zero attached hydrogens (tertiary/aromatic N) is 2. The van der Waals surface area contributed by atoms with Crippen molar-refractivity contribution in [2.75, 3.05) is 32.7 Å². The molecule has 4 heteroatoms. The predicted octanol–water partition coefficient (Wildman–Crippen LogP) is 3.75. The normalized spacial score (nSPS) is 14.4. The van der Waals surface area contributed by atoms with Crippen molar-refractivity contribution in [3.8, 4) is 11.8 Å². The molecule has 0 radical (unpaired) electrons. The Hall–Kier alpha value is -1.34. The first-order valence-corrected chi connectivity index (χ1v) is 10.0. The van der Waals surface area contributed by atoms with Gasteiger partial charge >= 0.3 is 0 Å². The second kappa shape index (κ2) is 15.0. The summed E-state index contributed by atoms with van der Waals surface area (Å²) in [6, 6.07) is 0. The van der Waals surface area contributed by atoms with E-state index in [1.807, 2.05) is 32.6 Å². The number of carbonyl (C=O) groups excluding carboxylic acids is 2. The Bertz CT molecular complexity index is 427. The summed E-state index contributed by atoms with van der Waals surface area (Å²) in [5.74, 6) is 6.98. The molecule has 0 N–H and O–H groups in total. The van der Waals surface area contributed by atoms with Gasteiger partial charge in [0.1, 0.15) is 5.78 Å². The highest BCUT2D eigenvalue weighted by Gasteiger charge is 2.19. The lowest BCUT2D eigenvalue weighted by Crippen LogP contribution is -2.48. The summed E-state index contributed by atoms with van der Waals surface area (Å²) in [4.78, 5) is 28.0. The van der Waals surface area contributed by atoms with E-state index in [0.29, 0.717) is 18.6 Å². The van der Waals surface area contributed by atoms with E-state index in [2.05, 4.69) is 23.7 Å². The molecule has 1 rings (SSSR count). The topological polar surface area (TPSA) is 40.6 Å². The SMILES string of the molecule is CC.CCC#CCN1CCN(C(=O)CCCCCC(=O)C(C)C)CC1. The number of hydrogen-bond acceptors (Lipinski definition) is 3. The van der Waals surface area contributed by atoms with Crippen LogP contribution in [0, 0.1) is 17.8 Å². The van der Waals surface area contributed by atoms with Gasteiger partial charge in [-0.1, -0.05) is 47.0 Å². The summed E-state index contributed by atoms with van der Waals surface area (Å²) in [6.45, 7) is 14.2. The van der Waals surface area contributed by atoms with E-state index < -0.39 is 0 Å². The number of unbranched alkanes of at least 4 members (excludes halogenated alkanes) is 2. The van der Waals surface area contributed by atoms with Crippen LogP contribution >= 0.6 is 0 Å². The van der Waals surface area contributed by atoms with E-state index in [0.717, 1.165) is 58.4 Å². The van der Waals surface area contributed by atoms with Crippen molar-refractivity contribution in [2.45, 2.75) is 73.1 Å². The number of rotatable bonds is 8. The molecule has 25 heavy (non-hydrogen) atoms. The van der Waals surface area contributed by atoms with Crippen LogP contribution in [0.1, 0.15) is 73.1 Å². The van der Waals surface area contributed by atoms with Crippen molar-refractivity contribution >= 4 is 11.7 Å². The number of Topliss-reactive ketones (excluding diaryl/α,β-unsaturated/α-hetero) is 1. The lowest BCUT2D eigenvalue weighted by Gasteiger charge is -2.33. The van der Waals surface area contributed by atoms with Gasteiger partial charge in [0.25, 0.3) is 0 Å². The molecule has 1 heterocycles. The van der Waals surface area contributed by atoms with Crippen LogP contribution in [0.5, 0.6) is 0 Å². The van der Waals surface area contributed by atoms with Gasteiger partial charge in [-0.2, -0.15) is 0 Å². The zero-order chi connectivity index (χ0) is 19.1. The minimum absolute atomic E-state index is 0.134. The molecule has 0 aromatic heterocycles. The van der Waals surface area contributed by atoms with Crippen LogP contribution in [-0.4, -0.2) is 54.2 Å². The van der Waals surface area contributed by atoms with E-state index in [-0.39, 0.29) is 11.8 Å². The molecule has 0 atom stereocenters. The minimum Gasteiger partial charge on any atom is -0.340 e. The van der Waals surface area contributed by atoms with E-state index in [1.165, 1.54) is 0 Å². The Labute approximate surface area is 155 Å². The Kier molecular flexibility index (Phi) is 14.2. The fourth-order valence-corrected chi connectivity index (χ4v) is 2.65. The van der Waals surface area contributed by atoms with Gasteiger partial charge in [0.2, 0.25) is 5.91 Å². The third kappa shape index (κ3) is 11.0. The molecular weight excluding hydrogens is 312 g/mol. The van der Waals surface area contributed by atoms with Crippen LogP contribution < -0.4 is 0 Å². The molecule has 1 saturated heterocycles. The van der Waals surface area contributed by atoms with E-state index >= 15 is 0 Å². The Morgan fingerprint density at radius 3 is 2.08 bits per heavy atom. The van der Waals surface area contributed by atoms with Gasteiger partial charge in [-0.25, -0.2) is 0 Å². The zero-order valence-corrected chi connectivity index (χ0v) is 17.1. The largest absolute Gasteiger partial charge is 0.340 e. The predicted molar refractivity (Wildman–Crippen MR) is 105 cm³/mol. The maximum absolute atomic E-state index is 12.2. The van der Waals surface area contributed by atoms with Gasteiger partial charge in [-0.05, 0) is 12.8 Å². The number of piperazine rings is 1. The average Bonchev–Trinajstić information content (AvgIpc) is 2.63. The third-order valence-electron chi connectivity index (χ3n) is 4.29. The molecular formula is C21H38N2O2. The molecule has 1 fully saturated rings. The summed E-state index contributed by atoms with van der Waals surface area (Å²) < 4.78 is 0. The number of carbonyl (C=O) groups is 2. The quantitative estimate of drug-likeness (QED) is 0.494. The standard InChI is InChI=1S/C19H32N2O2.C2H6/c1-4-5-9-12-20-13-15-21(16-14-20)19(23)11-8-6-7-10-18(22)17(2)3;1-2/h17H,4,6-8,10-16H2,1-3H3;1-2H3. The second-order valence-corrected chi connectivity index (χ2v) is 6.55. The number of amides is 1. The number of hydrogen-bond donors (Lipinski definition) is 0. The molecule has 144 valence electrons. The fraction of sp³-hybridized carbons (Fsp3) is 0.810. The van der Waals surface area contributed by atoms with Crippen LogP contribution in [0.4, 0.5) is 0 Å². The van der Waals surface area contributed by atoms with Gasteiger partial charge in [-0.15, -0.1) is 5.92 Å². The smallest absolute Gasteiger partial charge is 0.222 e. The first-order valence-electron chi connectivity index (χ1n) is 10.0. The highest BCUT2D eigenvalue weighted by atomic mass is 16.2. The summed E-state index contributed by atoms with van der Waals surface area (Å²) >= 11 is 0. The Morgan fingerprint density at radius 1 is 0.920 bits per heavy atom. The lowest BCUT2D eigenvalue weighted by molar-refractivity contribution is -0.133. The maximum Gasteiger partial charge on any atom is 0.222 e. The van der Waals surface area contributed by atoms with Crippen LogP contribution in [0.3, 0.4) is 0 Å². The van der Waals surface area contributed by atoms with Crippen molar-refractivity contribution in [1.82, 2.24) is 9.80 Å². The maximum atomic E-state index is 12.2. The molecule has 4 nitrogen and oxygen atoms in total. The highest BCUT2D eigenvalue weighted by Crippen LogP contribution is 2.10. The molecule has 1 aliphatic rings. The van der Waals surface area contributed by atoms with Gasteiger partial charge in [0.15, 0.2) is 0 Å². The first kappa shape index (κ1) is 23.7. The van der Waals surface area contributed by atoms with Crippen LogP contribution in [0.15, 0.2) is 0 Å². The van der Waals surface area contributed by atoms with E-state index in [9.17, 15) is 9.59 Å². The molecule has 1 aliphatic heterocycles. The van der Waals surface area contributed by atoms with Crippen molar-refractivity contribution in [3.63, 3.8) is 0 Å². The Balaban J connectivity index is 0.00000277. The summed E-state index contributed by atoms with van der Waals surface area (Å²) in [5.41, 5.74) is 0. The third-order valence-corrected chi connectivity index (χ3v) is 4.29. The molecule has 0 unspecified atom stereocenters. The molecule has 0 aliphatic carbocycles. The molecule has 0 saturated carbocycles. The van der Waals surface area contributed by atoms with Crippen molar-refractivity contribution in [1.29, 1.82) is 0 Å². The fourth-order valence-electron chi connectivity index (χ4n) is 2.65. The first-order chi connectivity index (χ1) is 12.0. The number of ketones is 1. The van der Waals surface area contributed by atoms with Gasteiger partial charge in [0, 0.05) is 51.4 Å². The molecule has 0 bridgehead atoms. The Morgan fingerprint density at radius 2 is 1.52 bits per heavy atom. The van der Waals surface area contributed by atoms with Crippen LogP contribution in [-0.2, 0) is 9.59 Å². The second-order valence-electron chi connectivity index (χ2n) is 6.55. The van der Waals surface area contributed by atoms with E-state index in [1.54, 1.807) is 0 Å². The summed E-state index contributed by atoms with van der Waals surface area (Å²) in [7, 11) is 0. The average molecular weight is 351 g/mol. The van der Waals surface area contributed by atoms with Crippen LogP contribution in [0.2, 0.25) is 0 Å². The monoisotopic (exact) mass is 350 g/mol. The van der Waals surface area contributed by atoms with Crippen molar-refractivity contribution in [3.05, 3.63) is 0 Å². The summed E-state index contributed by atoms with van der Waals surface area (Å²) in [5, 5.41) is 0. The highest BCUT2D eigenvalue weighted by molar-refractivity contribution is 5.80. The lowest BCUT2D eigenvalue weighted by atomic mass is 10.0. The van der Waals surface area contributed by atoms with Crippen molar-refractivity contribution < 1.29 is 9.59 Å². The van der Waals surface area contributed by atoms with Crippen molar-refractivity contribution in [2.24, 2.45) is 5.92 Å². The van der Waals surface area contributed by atoms with E-state index in [4.69, 9.17) is 0 Å². The molecule has 1 amide bonds. The zero-order valence-electron chi connectivity index (χ0n) is 17.1. The van der Waals surface area contributed by atoms with Crippen LogP contribution in [0.25, 0.3) is 0 Å². The van der Waals surface area contributed by atoms with Gasteiger partial charge in [0.05, 0.1) is 6.54 Å².